The molecule has 0 aromatic carbocycles. The summed E-state index contributed by atoms with van der Waals surface area (Å²) in [5, 5.41) is 0. The van der Waals surface area contributed by atoms with Gasteiger partial charge in [0, 0.05) is 5.69 Å². The minimum absolute atomic E-state index is 0.288. The van der Waals surface area contributed by atoms with Gasteiger partial charge in [0.15, 0.2) is 0 Å². The fourth-order valence-corrected chi connectivity index (χ4v) is 2.32. The van der Waals surface area contributed by atoms with Gasteiger partial charge < -0.3 is 10.5 Å². The van der Waals surface area contributed by atoms with E-state index in [1.165, 1.54) is 0 Å². The first-order chi connectivity index (χ1) is 8.13. The number of nitrogens with zero attached hydrogens (tertiary/aromatic N) is 1. The minimum atomic E-state index is -0.376. The summed E-state index contributed by atoms with van der Waals surface area (Å²) in [6.07, 6.45) is 3.25. The van der Waals surface area contributed by atoms with Crippen molar-refractivity contribution in [3.8, 4) is 0 Å². The number of esters is 1. The van der Waals surface area contributed by atoms with Crippen LogP contribution >= 0.6 is 0 Å². The maximum atomic E-state index is 11.7. The molecule has 0 unspecified atom stereocenters. The molecule has 0 saturated carbocycles. The zero-order valence-electron chi connectivity index (χ0n) is 10.3. The molecule has 1 aromatic heterocycles. The Morgan fingerprint density at radius 2 is 2.41 bits per heavy atom. The SMILES string of the molecule is CCOC(=O)c1cc2c(nc1N)[C@@H](C)CCC2. The molecule has 2 rings (SSSR count). The van der Waals surface area contributed by atoms with Crippen molar-refractivity contribution in [2.45, 2.75) is 39.0 Å². The predicted octanol–water partition coefficient (Wildman–Crippen LogP) is 2.28. The topological polar surface area (TPSA) is 65.2 Å². The Balaban J connectivity index is 2.40. The van der Waals surface area contributed by atoms with Crippen LogP contribution in [0.15, 0.2) is 6.07 Å². The number of fused-ring (bicyclic) bond motifs is 1. The zero-order chi connectivity index (χ0) is 12.4. The van der Waals surface area contributed by atoms with Gasteiger partial charge in [-0.2, -0.15) is 0 Å². The van der Waals surface area contributed by atoms with Crippen LogP contribution in [0.5, 0.6) is 0 Å². The number of rotatable bonds is 2. The Hall–Kier alpha value is -1.58. The van der Waals surface area contributed by atoms with Crippen molar-refractivity contribution in [1.82, 2.24) is 4.98 Å². The summed E-state index contributed by atoms with van der Waals surface area (Å²) in [7, 11) is 0. The van der Waals surface area contributed by atoms with Crippen molar-refractivity contribution >= 4 is 11.8 Å². The van der Waals surface area contributed by atoms with Crippen LogP contribution < -0.4 is 5.73 Å². The second kappa shape index (κ2) is 4.73. The normalized spacial score (nSPS) is 18.6. The highest BCUT2D eigenvalue weighted by molar-refractivity contribution is 5.94. The molecule has 17 heavy (non-hydrogen) atoms. The standard InChI is InChI=1S/C13H18N2O2/c1-3-17-13(16)10-7-9-6-4-5-8(2)11(9)15-12(10)14/h7-8H,3-6H2,1-2H3,(H2,14,15)/t8-/m0/s1. The zero-order valence-corrected chi connectivity index (χ0v) is 10.3. The molecule has 4 nitrogen and oxygen atoms in total. The fourth-order valence-electron chi connectivity index (χ4n) is 2.32. The predicted molar refractivity (Wildman–Crippen MR) is 66.0 cm³/mol. The quantitative estimate of drug-likeness (QED) is 0.797. The Morgan fingerprint density at radius 3 is 3.12 bits per heavy atom. The van der Waals surface area contributed by atoms with Crippen LogP contribution in [0.3, 0.4) is 0 Å². The highest BCUT2D eigenvalue weighted by Gasteiger charge is 2.22. The van der Waals surface area contributed by atoms with Gasteiger partial charge >= 0.3 is 5.97 Å². The monoisotopic (exact) mass is 234 g/mol. The molecule has 0 aliphatic heterocycles. The maximum Gasteiger partial charge on any atom is 0.341 e. The highest BCUT2D eigenvalue weighted by atomic mass is 16.5. The molecule has 2 N–H and O–H groups in total. The lowest BCUT2D eigenvalue weighted by molar-refractivity contribution is 0.0527. The largest absolute Gasteiger partial charge is 0.462 e. The third-order valence-electron chi connectivity index (χ3n) is 3.21. The summed E-state index contributed by atoms with van der Waals surface area (Å²) in [5.41, 5.74) is 8.41. The third kappa shape index (κ3) is 2.25. The Bertz CT molecular complexity index is 443. The van der Waals surface area contributed by atoms with Gasteiger partial charge in [-0.25, -0.2) is 9.78 Å². The molecule has 1 aliphatic rings. The summed E-state index contributed by atoms with van der Waals surface area (Å²) in [6, 6.07) is 1.85. The van der Waals surface area contributed by atoms with E-state index >= 15 is 0 Å². The van der Waals surface area contributed by atoms with E-state index in [4.69, 9.17) is 10.5 Å². The lowest BCUT2D eigenvalue weighted by Gasteiger charge is -2.22. The van der Waals surface area contributed by atoms with Crippen LogP contribution in [0.2, 0.25) is 0 Å². The van der Waals surface area contributed by atoms with Gasteiger partial charge in [-0.15, -0.1) is 0 Å². The first kappa shape index (κ1) is 11.9. The number of pyridine rings is 1. The molecular weight excluding hydrogens is 216 g/mol. The number of aromatic nitrogens is 1. The Kier molecular flexibility index (Phi) is 3.31. The van der Waals surface area contributed by atoms with Crippen molar-refractivity contribution in [1.29, 1.82) is 0 Å². The van der Waals surface area contributed by atoms with Crippen LogP contribution in [0.1, 0.15) is 54.2 Å². The van der Waals surface area contributed by atoms with Crippen LogP contribution in [-0.2, 0) is 11.2 Å². The summed E-state index contributed by atoms with van der Waals surface area (Å²) in [6.45, 7) is 4.28. The lowest BCUT2D eigenvalue weighted by atomic mass is 9.87. The number of carbonyl (C=O) groups excluding carboxylic acids is 1. The smallest absolute Gasteiger partial charge is 0.341 e. The fraction of sp³-hybridized carbons (Fsp3) is 0.538. The van der Waals surface area contributed by atoms with E-state index in [1.54, 1.807) is 6.92 Å². The van der Waals surface area contributed by atoms with Crippen LogP contribution in [-0.4, -0.2) is 17.6 Å². The summed E-state index contributed by atoms with van der Waals surface area (Å²) in [5.74, 6) is 0.340. The van der Waals surface area contributed by atoms with Crippen molar-refractivity contribution in [2.75, 3.05) is 12.3 Å². The van der Waals surface area contributed by atoms with Crippen LogP contribution in [0.25, 0.3) is 0 Å². The number of hydrogen-bond acceptors (Lipinski definition) is 4. The third-order valence-corrected chi connectivity index (χ3v) is 3.21. The van der Waals surface area contributed by atoms with Crippen LogP contribution in [0, 0.1) is 0 Å². The minimum Gasteiger partial charge on any atom is -0.462 e. The summed E-state index contributed by atoms with van der Waals surface area (Å²) < 4.78 is 4.97. The van der Waals surface area contributed by atoms with Gasteiger partial charge in [0.05, 0.1) is 6.61 Å². The second-order valence-corrected chi connectivity index (χ2v) is 4.48. The van der Waals surface area contributed by atoms with Gasteiger partial charge in [-0.1, -0.05) is 6.92 Å². The summed E-state index contributed by atoms with van der Waals surface area (Å²) in [4.78, 5) is 16.1. The van der Waals surface area contributed by atoms with Gasteiger partial charge in [0.25, 0.3) is 0 Å². The van der Waals surface area contributed by atoms with Gasteiger partial charge in [-0.05, 0) is 43.7 Å². The number of hydrogen-bond donors (Lipinski definition) is 1. The number of carbonyl (C=O) groups is 1. The van der Waals surface area contributed by atoms with Gasteiger partial charge in [0.1, 0.15) is 11.4 Å². The molecular formula is C13H18N2O2. The van der Waals surface area contributed by atoms with Crippen molar-refractivity contribution in [3.05, 3.63) is 22.9 Å². The first-order valence-corrected chi connectivity index (χ1v) is 6.10. The molecule has 92 valence electrons. The second-order valence-electron chi connectivity index (χ2n) is 4.48. The average molecular weight is 234 g/mol. The van der Waals surface area contributed by atoms with E-state index in [-0.39, 0.29) is 11.8 Å². The molecule has 1 aliphatic carbocycles. The Labute approximate surface area is 101 Å². The van der Waals surface area contributed by atoms with Crippen molar-refractivity contribution in [3.63, 3.8) is 0 Å². The molecule has 1 heterocycles. The van der Waals surface area contributed by atoms with E-state index in [9.17, 15) is 4.79 Å². The number of anilines is 1. The van der Waals surface area contributed by atoms with E-state index in [0.717, 1.165) is 30.5 Å². The van der Waals surface area contributed by atoms with Crippen LogP contribution in [0.4, 0.5) is 5.82 Å². The van der Waals surface area contributed by atoms with E-state index in [0.29, 0.717) is 18.1 Å². The molecule has 0 bridgehead atoms. The Morgan fingerprint density at radius 1 is 1.65 bits per heavy atom. The van der Waals surface area contributed by atoms with Gasteiger partial charge in [0.2, 0.25) is 0 Å². The van der Waals surface area contributed by atoms with Crippen molar-refractivity contribution < 1.29 is 9.53 Å². The highest BCUT2D eigenvalue weighted by Crippen LogP contribution is 2.31. The molecule has 0 amide bonds. The van der Waals surface area contributed by atoms with Crippen molar-refractivity contribution in [2.24, 2.45) is 0 Å². The molecule has 1 aromatic rings. The average Bonchev–Trinajstić information content (AvgIpc) is 2.30. The summed E-state index contributed by atoms with van der Waals surface area (Å²) >= 11 is 0. The van der Waals surface area contributed by atoms with E-state index in [1.807, 2.05) is 6.07 Å². The van der Waals surface area contributed by atoms with E-state index < -0.39 is 0 Å². The molecule has 0 radical (unpaired) electrons. The van der Waals surface area contributed by atoms with Gasteiger partial charge in [-0.3, -0.25) is 0 Å². The number of ether oxygens (including phenoxy) is 1. The maximum absolute atomic E-state index is 11.7. The number of aryl methyl sites for hydroxylation is 1. The molecule has 0 saturated heterocycles. The molecule has 0 spiro atoms. The lowest BCUT2D eigenvalue weighted by Crippen LogP contribution is -2.16. The number of nitrogens with two attached hydrogens (primary N) is 1. The molecule has 0 fully saturated rings. The first-order valence-electron chi connectivity index (χ1n) is 6.10. The molecule has 1 atom stereocenters. The number of nitrogen functional groups attached to an aromatic ring is 1. The van der Waals surface area contributed by atoms with E-state index in [2.05, 4.69) is 11.9 Å². The molecule has 4 heteroatoms.